The fourth-order valence-corrected chi connectivity index (χ4v) is 13.7. The van der Waals surface area contributed by atoms with Crippen molar-refractivity contribution in [3.8, 4) is 16.9 Å². The Balaban J connectivity index is 0.899. The average Bonchev–Trinajstić information content (AvgIpc) is 3.94. The van der Waals surface area contributed by atoms with E-state index >= 15 is 0 Å². The number of thiazole rings is 1. The van der Waals surface area contributed by atoms with E-state index in [1.165, 1.54) is 45.2 Å². The maximum absolute atomic E-state index is 13.0. The first kappa shape index (κ1) is 38.5. The van der Waals surface area contributed by atoms with Gasteiger partial charge in [-0.1, -0.05) is 25.2 Å². The van der Waals surface area contributed by atoms with Crippen LogP contribution >= 0.6 is 11.3 Å². The smallest absolute Gasteiger partial charge is 0.355 e. The normalized spacial score (nSPS) is 27.4. The molecule has 11 rings (SSSR count). The molecule has 14 heteroatoms. The standard InChI is InChI=1S/C45H55N9O4S/c1-28-31-9-8-16-53(39(31)51-50-38(28)49-41-47-34-19-30(57-5)10-12-35(34)59-41)36-13-11-32(37(48-36)40(55)56)33-20-46-54(29(33)2)27-44-22-42(3)21-43(4,23-44)25-45(24-42,26-44)58-18-17-52-14-6-7-15-52/h10-13,19-20H,6-9,14-18,21-27H2,1-5H3,(H,55,56)(H,47,49,50). The second kappa shape index (κ2) is 14.2. The summed E-state index contributed by atoms with van der Waals surface area (Å²) in [6, 6.07) is 9.66. The van der Waals surface area contributed by atoms with Gasteiger partial charge < -0.3 is 29.7 Å². The number of nitrogens with zero attached hydrogens (tertiary/aromatic N) is 8. The Bertz CT molecular complexity index is 2440. The summed E-state index contributed by atoms with van der Waals surface area (Å²) in [4.78, 5) is 27.1. The van der Waals surface area contributed by atoms with Crippen molar-refractivity contribution in [2.75, 3.05) is 50.1 Å². The SMILES string of the molecule is COc1ccc2sc(Nc3nnc4c(c3C)CCCN4c3ccc(-c4cnn(CC56CC7(C)CC(C)(C5)CC(OCCN5CCCC5)(C7)C6)c4C)c(C(=O)O)n3)nc2c1. The van der Waals surface area contributed by atoms with Crippen molar-refractivity contribution >= 4 is 50.1 Å². The van der Waals surface area contributed by atoms with E-state index in [4.69, 9.17) is 24.5 Å². The number of aromatic carboxylic acids is 1. The highest BCUT2D eigenvalue weighted by Crippen LogP contribution is 2.72. The largest absolute Gasteiger partial charge is 0.497 e. The highest BCUT2D eigenvalue weighted by molar-refractivity contribution is 7.22. The monoisotopic (exact) mass is 817 g/mol. The van der Waals surface area contributed by atoms with Crippen LogP contribution in [0.15, 0.2) is 36.5 Å². The number of carboxylic acids is 1. The van der Waals surface area contributed by atoms with Gasteiger partial charge in [-0.3, -0.25) is 4.68 Å². The summed E-state index contributed by atoms with van der Waals surface area (Å²) >= 11 is 1.55. The van der Waals surface area contributed by atoms with Gasteiger partial charge in [0.1, 0.15) is 11.6 Å². The lowest BCUT2D eigenvalue weighted by Crippen LogP contribution is -2.64. The number of ether oxygens (including phenoxy) is 2. The van der Waals surface area contributed by atoms with E-state index in [0.29, 0.717) is 29.6 Å². The number of pyridine rings is 1. The van der Waals surface area contributed by atoms with Gasteiger partial charge >= 0.3 is 5.97 Å². The molecule has 4 aromatic heterocycles. The molecule has 6 heterocycles. The summed E-state index contributed by atoms with van der Waals surface area (Å²) in [7, 11) is 1.65. The minimum Gasteiger partial charge on any atom is -0.497 e. The number of anilines is 4. The molecule has 4 saturated carbocycles. The molecule has 2 aliphatic heterocycles. The molecular weight excluding hydrogens is 763 g/mol. The fraction of sp³-hybridized carbons (Fsp3) is 0.556. The van der Waals surface area contributed by atoms with Crippen LogP contribution < -0.4 is 15.0 Å². The highest BCUT2D eigenvalue weighted by Gasteiger charge is 2.66. The fourth-order valence-electron chi connectivity index (χ4n) is 12.8. The topological polar surface area (TPSA) is 144 Å². The van der Waals surface area contributed by atoms with Crippen LogP contribution in [0.25, 0.3) is 21.3 Å². The number of benzene rings is 1. The highest BCUT2D eigenvalue weighted by atomic mass is 32.1. The van der Waals surface area contributed by atoms with Crippen LogP contribution in [0.5, 0.6) is 5.75 Å². The summed E-state index contributed by atoms with van der Waals surface area (Å²) in [5.41, 5.74) is 5.73. The summed E-state index contributed by atoms with van der Waals surface area (Å²) in [5.74, 6) is 1.57. The van der Waals surface area contributed by atoms with Crippen LogP contribution in [0.3, 0.4) is 0 Å². The molecule has 4 bridgehead atoms. The molecule has 59 heavy (non-hydrogen) atoms. The molecular formula is C45H55N9O4S. The van der Waals surface area contributed by atoms with Crippen LogP contribution in [-0.2, 0) is 17.7 Å². The molecule has 6 aliphatic rings. The molecule has 5 fully saturated rings. The van der Waals surface area contributed by atoms with E-state index < -0.39 is 5.97 Å². The summed E-state index contributed by atoms with van der Waals surface area (Å²) in [6.07, 6.45) is 13.1. The second-order valence-corrected chi connectivity index (χ2v) is 20.2. The molecule has 13 nitrogen and oxygen atoms in total. The van der Waals surface area contributed by atoms with E-state index in [9.17, 15) is 9.90 Å². The lowest BCUT2D eigenvalue weighted by molar-refractivity contribution is -0.248. The Kier molecular flexibility index (Phi) is 9.29. The summed E-state index contributed by atoms with van der Waals surface area (Å²) in [6.45, 7) is 14.8. The Hall–Kier alpha value is -4.66. The number of hydrogen-bond donors (Lipinski definition) is 2. The first-order valence-corrected chi connectivity index (χ1v) is 22.1. The third-order valence-corrected chi connectivity index (χ3v) is 15.1. The number of rotatable bonds is 12. The molecule has 0 spiro atoms. The Morgan fingerprint density at radius 3 is 2.49 bits per heavy atom. The Labute approximate surface area is 349 Å². The molecule has 0 radical (unpaired) electrons. The lowest BCUT2D eigenvalue weighted by atomic mass is 9.39. The van der Waals surface area contributed by atoms with Crippen LogP contribution in [0.2, 0.25) is 0 Å². The van der Waals surface area contributed by atoms with Crippen molar-refractivity contribution < 1.29 is 19.4 Å². The maximum atomic E-state index is 13.0. The van der Waals surface area contributed by atoms with Gasteiger partial charge in [-0.25, -0.2) is 14.8 Å². The van der Waals surface area contributed by atoms with Gasteiger partial charge in [-0.05, 0) is 132 Å². The molecule has 2 N–H and O–H groups in total. The predicted octanol–water partition coefficient (Wildman–Crippen LogP) is 8.73. The first-order chi connectivity index (χ1) is 28.3. The minimum absolute atomic E-state index is 0.00731. The van der Waals surface area contributed by atoms with Crippen LogP contribution in [-0.4, -0.2) is 91.4 Å². The molecule has 4 aliphatic carbocycles. The zero-order valence-electron chi connectivity index (χ0n) is 34.9. The van der Waals surface area contributed by atoms with E-state index in [1.54, 1.807) is 18.4 Å². The Morgan fingerprint density at radius 1 is 0.932 bits per heavy atom. The number of fused-ring (bicyclic) bond motifs is 2. The van der Waals surface area contributed by atoms with E-state index in [-0.39, 0.29) is 27.5 Å². The number of methoxy groups -OCH3 is 1. The van der Waals surface area contributed by atoms with Crippen LogP contribution in [0.1, 0.15) is 98.9 Å². The van der Waals surface area contributed by atoms with Gasteiger partial charge in [0, 0.05) is 53.6 Å². The number of hydrogen-bond acceptors (Lipinski definition) is 12. The Morgan fingerprint density at radius 2 is 1.73 bits per heavy atom. The van der Waals surface area contributed by atoms with E-state index in [0.717, 1.165) is 95.3 Å². The molecule has 2 unspecified atom stereocenters. The van der Waals surface area contributed by atoms with Crippen molar-refractivity contribution in [2.45, 2.75) is 104 Å². The summed E-state index contributed by atoms with van der Waals surface area (Å²) < 4.78 is 15.6. The number of likely N-dealkylation sites (tertiary alicyclic amines) is 1. The third-order valence-electron chi connectivity index (χ3n) is 14.1. The molecule has 5 aromatic rings. The quantitative estimate of drug-likeness (QED) is 0.124. The van der Waals surface area contributed by atoms with Crippen LogP contribution in [0.4, 0.5) is 22.6 Å². The van der Waals surface area contributed by atoms with Gasteiger partial charge in [0.15, 0.2) is 22.5 Å². The van der Waals surface area contributed by atoms with Gasteiger partial charge in [-0.15, -0.1) is 10.2 Å². The van der Waals surface area contributed by atoms with E-state index in [2.05, 4.69) is 45.9 Å². The zero-order chi connectivity index (χ0) is 40.7. The van der Waals surface area contributed by atoms with Crippen molar-refractivity contribution in [3.63, 3.8) is 0 Å². The van der Waals surface area contributed by atoms with Crippen molar-refractivity contribution in [3.05, 3.63) is 59.0 Å². The molecule has 310 valence electrons. The predicted molar refractivity (Wildman–Crippen MR) is 229 cm³/mol. The number of aromatic nitrogens is 6. The summed E-state index contributed by atoms with van der Waals surface area (Å²) in [5, 5.41) is 29.0. The van der Waals surface area contributed by atoms with Crippen LogP contribution in [0, 0.1) is 30.1 Å². The molecule has 2 atom stereocenters. The minimum atomic E-state index is -1.07. The molecule has 1 saturated heterocycles. The molecule has 0 amide bonds. The van der Waals surface area contributed by atoms with Gasteiger partial charge in [-0.2, -0.15) is 5.10 Å². The zero-order valence-corrected chi connectivity index (χ0v) is 35.8. The lowest BCUT2D eigenvalue weighted by Gasteiger charge is -2.69. The maximum Gasteiger partial charge on any atom is 0.355 e. The third kappa shape index (κ3) is 6.94. The number of carbonyl (C=O) groups is 1. The molecule has 1 aromatic carbocycles. The van der Waals surface area contributed by atoms with Crippen molar-refractivity contribution in [1.82, 2.24) is 34.8 Å². The van der Waals surface area contributed by atoms with Crippen molar-refractivity contribution in [2.24, 2.45) is 16.2 Å². The second-order valence-electron chi connectivity index (χ2n) is 19.1. The van der Waals surface area contributed by atoms with E-state index in [1.807, 2.05) is 48.4 Å². The van der Waals surface area contributed by atoms with Gasteiger partial charge in [0.2, 0.25) is 0 Å². The average molecular weight is 818 g/mol. The number of carboxylic acid groups (broad SMARTS) is 1. The van der Waals surface area contributed by atoms with Gasteiger partial charge in [0.25, 0.3) is 0 Å². The van der Waals surface area contributed by atoms with Crippen molar-refractivity contribution in [1.29, 1.82) is 0 Å². The first-order valence-electron chi connectivity index (χ1n) is 21.3. The number of nitrogens with one attached hydrogen (secondary N) is 1. The van der Waals surface area contributed by atoms with Gasteiger partial charge in [0.05, 0.1) is 35.7 Å².